The van der Waals surface area contributed by atoms with Gasteiger partial charge in [-0.3, -0.25) is 14.6 Å². The van der Waals surface area contributed by atoms with Crippen LogP contribution in [-0.4, -0.2) is 36.6 Å². The van der Waals surface area contributed by atoms with E-state index in [0.29, 0.717) is 11.4 Å². The SMILES string of the molecule is COC(=O)[C@@H]1N=C(c2ccc(C)cc2)[C@H]2C(=O)N(c3ccccc3)C(=O)[C@H]21. The molecule has 2 heterocycles. The predicted octanol–water partition coefficient (Wildman–Crippen LogP) is 2.15. The number of hydrogen-bond donors (Lipinski definition) is 0. The first kappa shape index (κ1) is 17.1. The molecule has 2 aromatic rings. The maximum Gasteiger partial charge on any atom is 0.331 e. The Labute approximate surface area is 156 Å². The zero-order valence-electron chi connectivity index (χ0n) is 15.0. The summed E-state index contributed by atoms with van der Waals surface area (Å²) in [4.78, 5) is 44.1. The average Bonchev–Trinajstić information content (AvgIpc) is 3.20. The van der Waals surface area contributed by atoms with Gasteiger partial charge in [0.1, 0.15) is 0 Å². The Balaban J connectivity index is 1.81. The van der Waals surface area contributed by atoms with Crippen LogP contribution in [0.1, 0.15) is 11.1 Å². The smallest absolute Gasteiger partial charge is 0.331 e. The highest BCUT2D eigenvalue weighted by Crippen LogP contribution is 2.41. The van der Waals surface area contributed by atoms with E-state index in [1.165, 1.54) is 7.11 Å². The average molecular weight is 362 g/mol. The van der Waals surface area contributed by atoms with Crippen LogP contribution in [0, 0.1) is 18.8 Å². The van der Waals surface area contributed by atoms with Crippen LogP contribution >= 0.6 is 0 Å². The Morgan fingerprint density at radius 3 is 2.30 bits per heavy atom. The van der Waals surface area contributed by atoms with E-state index in [0.717, 1.165) is 16.0 Å². The first-order valence-corrected chi connectivity index (χ1v) is 8.68. The molecule has 0 spiro atoms. The van der Waals surface area contributed by atoms with Gasteiger partial charge in [0, 0.05) is 0 Å². The zero-order chi connectivity index (χ0) is 19.1. The number of para-hydroxylation sites is 1. The molecule has 2 amide bonds. The lowest BCUT2D eigenvalue weighted by Crippen LogP contribution is -2.36. The van der Waals surface area contributed by atoms with Crippen molar-refractivity contribution in [3.63, 3.8) is 0 Å². The number of carbonyl (C=O) groups excluding carboxylic acids is 3. The van der Waals surface area contributed by atoms with Gasteiger partial charge in [0.15, 0.2) is 6.04 Å². The molecule has 2 aliphatic heterocycles. The lowest BCUT2D eigenvalue weighted by atomic mass is 9.86. The summed E-state index contributed by atoms with van der Waals surface area (Å²) in [7, 11) is 1.26. The van der Waals surface area contributed by atoms with Crippen molar-refractivity contribution in [3.8, 4) is 0 Å². The van der Waals surface area contributed by atoms with E-state index in [1.807, 2.05) is 37.3 Å². The fraction of sp³-hybridized carbons (Fsp3) is 0.238. The maximum absolute atomic E-state index is 13.2. The van der Waals surface area contributed by atoms with Gasteiger partial charge in [0.2, 0.25) is 11.8 Å². The molecule has 136 valence electrons. The molecule has 6 nitrogen and oxygen atoms in total. The van der Waals surface area contributed by atoms with E-state index in [1.54, 1.807) is 24.3 Å². The molecule has 0 aliphatic carbocycles. The number of carbonyl (C=O) groups is 3. The summed E-state index contributed by atoms with van der Waals surface area (Å²) in [5.74, 6) is -3.05. The van der Waals surface area contributed by atoms with Crippen molar-refractivity contribution in [3.05, 3.63) is 65.7 Å². The van der Waals surface area contributed by atoms with Gasteiger partial charge < -0.3 is 4.74 Å². The third-order valence-electron chi connectivity index (χ3n) is 5.07. The number of benzene rings is 2. The summed E-state index contributed by atoms with van der Waals surface area (Å²) < 4.78 is 4.84. The second-order valence-electron chi connectivity index (χ2n) is 6.70. The number of anilines is 1. The fourth-order valence-corrected chi connectivity index (χ4v) is 3.74. The van der Waals surface area contributed by atoms with Crippen LogP contribution in [0.4, 0.5) is 5.69 Å². The van der Waals surface area contributed by atoms with E-state index < -0.39 is 29.8 Å². The molecule has 2 aromatic carbocycles. The molecule has 0 saturated carbocycles. The van der Waals surface area contributed by atoms with E-state index in [9.17, 15) is 14.4 Å². The van der Waals surface area contributed by atoms with E-state index in [4.69, 9.17) is 4.74 Å². The van der Waals surface area contributed by atoms with Crippen molar-refractivity contribution in [1.29, 1.82) is 0 Å². The molecule has 0 bridgehead atoms. The first-order chi connectivity index (χ1) is 13.0. The summed E-state index contributed by atoms with van der Waals surface area (Å²) >= 11 is 0. The van der Waals surface area contributed by atoms with Gasteiger partial charge in [-0.05, 0) is 24.6 Å². The molecule has 1 fully saturated rings. The fourth-order valence-electron chi connectivity index (χ4n) is 3.74. The van der Waals surface area contributed by atoms with Crippen molar-refractivity contribution < 1.29 is 19.1 Å². The molecule has 6 heteroatoms. The number of amides is 2. The third kappa shape index (κ3) is 2.65. The summed E-state index contributed by atoms with van der Waals surface area (Å²) in [6, 6.07) is 15.3. The van der Waals surface area contributed by atoms with Gasteiger partial charge in [0.25, 0.3) is 0 Å². The number of fused-ring (bicyclic) bond motifs is 1. The predicted molar refractivity (Wildman–Crippen MR) is 99.4 cm³/mol. The molecular weight excluding hydrogens is 344 g/mol. The standard InChI is InChI=1S/C21H18N2O4/c1-12-8-10-13(11-9-12)17-15-16(18(22-17)21(26)27-2)20(25)23(19(15)24)14-6-4-3-5-7-14/h3-11,15-16,18H,1-2H3/t15-,16+,18+/m0/s1. The number of ether oxygens (including phenoxy) is 1. The van der Waals surface area contributed by atoms with Gasteiger partial charge in [-0.25, -0.2) is 9.69 Å². The minimum absolute atomic E-state index is 0.359. The van der Waals surface area contributed by atoms with Crippen LogP contribution in [0.2, 0.25) is 0 Å². The van der Waals surface area contributed by atoms with Gasteiger partial charge in [-0.15, -0.1) is 0 Å². The number of imide groups is 1. The van der Waals surface area contributed by atoms with Gasteiger partial charge in [-0.1, -0.05) is 48.0 Å². The highest BCUT2D eigenvalue weighted by molar-refractivity contribution is 6.33. The highest BCUT2D eigenvalue weighted by Gasteiger charge is 2.59. The molecule has 2 aliphatic rings. The Bertz CT molecular complexity index is 950. The number of aryl methyl sites for hydroxylation is 1. The minimum atomic E-state index is -1.01. The second kappa shape index (κ2) is 6.46. The van der Waals surface area contributed by atoms with Gasteiger partial charge >= 0.3 is 5.97 Å². The molecule has 27 heavy (non-hydrogen) atoms. The van der Waals surface area contributed by atoms with Crippen LogP contribution in [0.25, 0.3) is 0 Å². The summed E-state index contributed by atoms with van der Waals surface area (Å²) in [6.45, 7) is 1.96. The van der Waals surface area contributed by atoms with Crippen LogP contribution in [-0.2, 0) is 19.1 Å². The Kier molecular flexibility index (Phi) is 4.11. The molecule has 0 N–H and O–H groups in total. The number of methoxy groups -OCH3 is 1. The summed E-state index contributed by atoms with van der Waals surface area (Å²) in [6.07, 6.45) is 0. The van der Waals surface area contributed by atoms with Crippen molar-refractivity contribution in [1.82, 2.24) is 0 Å². The van der Waals surface area contributed by atoms with Crippen molar-refractivity contribution >= 4 is 29.2 Å². The molecule has 1 saturated heterocycles. The van der Waals surface area contributed by atoms with Crippen molar-refractivity contribution in [2.75, 3.05) is 12.0 Å². The molecule has 0 radical (unpaired) electrons. The van der Waals surface area contributed by atoms with Crippen LogP contribution < -0.4 is 4.90 Å². The Morgan fingerprint density at radius 2 is 1.67 bits per heavy atom. The molecular formula is C21H18N2O4. The first-order valence-electron chi connectivity index (χ1n) is 8.68. The highest BCUT2D eigenvalue weighted by atomic mass is 16.5. The zero-order valence-corrected chi connectivity index (χ0v) is 15.0. The molecule has 0 aromatic heterocycles. The van der Waals surface area contributed by atoms with Gasteiger partial charge in [-0.2, -0.15) is 0 Å². The normalized spacial score (nSPS) is 24.0. The summed E-state index contributed by atoms with van der Waals surface area (Å²) in [5, 5.41) is 0. The maximum atomic E-state index is 13.2. The number of esters is 1. The number of rotatable bonds is 3. The lowest BCUT2D eigenvalue weighted by molar-refractivity contribution is -0.145. The topological polar surface area (TPSA) is 76.0 Å². The number of hydrogen-bond acceptors (Lipinski definition) is 5. The summed E-state index contributed by atoms with van der Waals surface area (Å²) in [5.41, 5.74) is 2.76. The van der Waals surface area contributed by atoms with Crippen LogP contribution in [0.5, 0.6) is 0 Å². The quantitative estimate of drug-likeness (QED) is 0.619. The largest absolute Gasteiger partial charge is 0.467 e. The van der Waals surface area contributed by atoms with Crippen molar-refractivity contribution in [2.24, 2.45) is 16.8 Å². The van der Waals surface area contributed by atoms with E-state index >= 15 is 0 Å². The van der Waals surface area contributed by atoms with Crippen molar-refractivity contribution in [2.45, 2.75) is 13.0 Å². The Hall–Kier alpha value is -3.28. The van der Waals surface area contributed by atoms with Gasteiger partial charge in [0.05, 0.1) is 30.3 Å². The van der Waals surface area contributed by atoms with Crippen LogP contribution in [0.3, 0.4) is 0 Å². The second-order valence-corrected chi connectivity index (χ2v) is 6.70. The lowest BCUT2D eigenvalue weighted by Gasteiger charge is -2.17. The van der Waals surface area contributed by atoms with Crippen LogP contribution in [0.15, 0.2) is 59.6 Å². The monoisotopic (exact) mass is 362 g/mol. The number of aliphatic imine (C=N–C) groups is 1. The third-order valence-corrected chi connectivity index (χ3v) is 5.07. The van der Waals surface area contributed by atoms with E-state index in [-0.39, 0.29) is 5.91 Å². The molecule has 0 unspecified atom stereocenters. The Morgan fingerprint density at radius 1 is 1.00 bits per heavy atom. The molecule has 3 atom stereocenters. The minimum Gasteiger partial charge on any atom is -0.467 e. The van der Waals surface area contributed by atoms with E-state index in [2.05, 4.69) is 4.99 Å². The number of nitrogens with zero attached hydrogens (tertiary/aromatic N) is 2. The molecule has 4 rings (SSSR count).